The van der Waals surface area contributed by atoms with Gasteiger partial charge >= 0.3 is 0 Å². The van der Waals surface area contributed by atoms with Crippen LogP contribution < -0.4 is 0 Å². The van der Waals surface area contributed by atoms with Gasteiger partial charge in [0.15, 0.2) is 0 Å². The Kier molecular flexibility index (Phi) is 4.67. The van der Waals surface area contributed by atoms with E-state index in [1.807, 2.05) is 0 Å². The van der Waals surface area contributed by atoms with E-state index in [9.17, 15) is 0 Å². The van der Waals surface area contributed by atoms with Crippen molar-refractivity contribution in [3.63, 3.8) is 0 Å². The summed E-state index contributed by atoms with van der Waals surface area (Å²) in [5.41, 5.74) is 3.35. The van der Waals surface area contributed by atoms with Crippen molar-refractivity contribution in [3.05, 3.63) is 17.5 Å². The Morgan fingerprint density at radius 3 is 2.68 bits per heavy atom. The molecule has 0 amide bonds. The van der Waals surface area contributed by atoms with Gasteiger partial charge in [-0.05, 0) is 62.6 Å². The molecule has 2 rings (SSSR count). The lowest BCUT2D eigenvalue weighted by Crippen LogP contribution is -2.22. The van der Waals surface area contributed by atoms with E-state index in [4.69, 9.17) is 0 Å². The Morgan fingerprint density at radius 2 is 2.05 bits per heavy atom. The van der Waals surface area contributed by atoms with Gasteiger partial charge in [-0.2, -0.15) is 5.10 Å². The molecule has 1 aliphatic rings. The molecule has 0 saturated heterocycles. The fraction of sp³-hybridized carbons (Fsp3) is 0.812. The van der Waals surface area contributed by atoms with Gasteiger partial charge in [-0.15, -0.1) is 0 Å². The molecule has 0 aromatic carbocycles. The van der Waals surface area contributed by atoms with Crippen molar-refractivity contribution in [1.82, 2.24) is 15.1 Å². The minimum atomic E-state index is 0.541. The minimum absolute atomic E-state index is 0.541. The molecule has 1 aliphatic carbocycles. The van der Waals surface area contributed by atoms with Gasteiger partial charge in [0.2, 0.25) is 0 Å². The zero-order valence-corrected chi connectivity index (χ0v) is 13.0. The maximum Gasteiger partial charge on any atom is 0.0526 e. The Balaban J connectivity index is 2.00. The zero-order chi connectivity index (χ0) is 13.9. The molecule has 3 nitrogen and oxygen atoms in total. The molecule has 0 radical (unpaired) electrons. The third-order valence-corrected chi connectivity index (χ3v) is 4.56. The smallest absolute Gasteiger partial charge is 0.0526 e. The van der Waals surface area contributed by atoms with Crippen molar-refractivity contribution in [1.29, 1.82) is 0 Å². The van der Waals surface area contributed by atoms with Gasteiger partial charge in [0, 0.05) is 6.54 Å². The highest BCUT2D eigenvalue weighted by Crippen LogP contribution is 2.42. The summed E-state index contributed by atoms with van der Waals surface area (Å²) >= 11 is 0. The Labute approximate surface area is 117 Å². The van der Waals surface area contributed by atoms with Crippen LogP contribution in [0.2, 0.25) is 0 Å². The molecule has 1 aromatic rings. The summed E-state index contributed by atoms with van der Waals surface area (Å²) in [6.07, 6.45) is 8.59. The van der Waals surface area contributed by atoms with E-state index in [0.29, 0.717) is 5.41 Å². The van der Waals surface area contributed by atoms with Crippen molar-refractivity contribution in [2.45, 2.75) is 65.3 Å². The summed E-state index contributed by atoms with van der Waals surface area (Å²) in [5, 5.41) is 7.52. The van der Waals surface area contributed by atoms with E-state index in [2.05, 4.69) is 49.1 Å². The molecule has 0 spiro atoms. The second-order valence-corrected chi connectivity index (χ2v) is 6.98. The van der Waals surface area contributed by atoms with Crippen LogP contribution >= 0.6 is 0 Å². The fourth-order valence-corrected chi connectivity index (χ4v) is 3.24. The third kappa shape index (κ3) is 3.82. The van der Waals surface area contributed by atoms with Crippen LogP contribution in [0.15, 0.2) is 6.20 Å². The standard InChI is InChI=1S/C16H29N3/c1-5-10-19(4)12-15-14(11-17-18-15)13-6-8-16(2,3)9-7-13/h11,13H,5-10,12H2,1-4H3,(H,17,18). The summed E-state index contributed by atoms with van der Waals surface area (Å²) in [7, 11) is 2.19. The van der Waals surface area contributed by atoms with Crippen LogP contribution in [0, 0.1) is 5.41 Å². The molecule has 0 bridgehead atoms. The topological polar surface area (TPSA) is 31.9 Å². The summed E-state index contributed by atoms with van der Waals surface area (Å²) < 4.78 is 0. The molecule has 1 saturated carbocycles. The van der Waals surface area contributed by atoms with Crippen molar-refractivity contribution in [3.8, 4) is 0 Å². The number of hydrogen-bond donors (Lipinski definition) is 1. The van der Waals surface area contributed by atoms with Crippen LogP contribution in [0.1, 0.15) is 70.1 Å². The predicted molar refractivity (Wildman–Crippen MR) is 80.2 cm³/mol. The number of rotatable bonds is 5. The Morgan fingerprint density at radius 1 is 1.37 bits per heavy atom. The molecule has 1 fully saturated rings. The molecule has 0 atom stereocenters. The first-order valence-electron chi connectivity index (χ1n) is 7.72. The highest BCUT2D eigenvalue weighted by atomic mass is 15.2. The predicted octanol–water partition coefficient (Wildman–Crippen LogP) is 3.94. The molecule has 0 aliphatic heterocycles. The normalized spacial score (nSPS) is 20.1. The second kappa shape index (κ2) is 6.08. The molecular formula is C16H29N3. The van der Waals surface area contributed by atoms with Crippen molar-refractivity contribution in [2.75, 3.05) is 13.6 Å². The van der Waals surface area contributed by atoms with Gasteiger partial charge in [0.05, 0.1) is 11.9 Å². The molecular weight excluding hydrogens is 234 g/mol. The first-order valence-corrected chi connectivity index (χ1v) is 7.72. The van der Waals surface area contributed by atoms with E-state index in [1.165, 1.54) is 43.4 Å². The first kappa shape index (κ1) is 14.6. The van der Waals surface area contributed by atoms with E-state index < -0.39 is 0 Å². The molecule has 1 aromatic heterocycles. The highest BCUT2D eigenvalue weighted by Gasteiger charge is 2.29. The van der Waals surface area contributed by atoms with Crippen LogP contribution in [-0.4, -0.2) is 28.7 Å². The molecule has 108 valence electrons. The molecule has 1 N–H and O–H groups in total. The second-order valence-electron chi connectivity index (χ2n) is 6.98. The number of aromatic nitrogens is 2. The van der Waals surface area contributed by atoms with Gasteiger partial charge < -0.3 is 4.90 Å². The summed E-state index contributed by atoms with van der Waals surface area (Å²) in [6.45, 7) is 9.18. The molecule has 19 heavy (non-hydrogen) atoms. The SMILES string of the molecule is CCCN(C)Cc1[nH]ncc1C1CCC(C)(C)CC1. The van der Waals surface area contributed by atoms with Gasteiger partial charge in [-0.3, -0.25) is 5.10 Å². The summed E-state index contributed by atoms with van der Waals surface area (Å²) in [4.78, 5) is 2.38. The first-order chi connectivity index (χ1) is 9.02. The quantitative estimate of drug-likeness (QED) is 0.872. The average molecular weight is 263 g/mol. The fourth-order valence-electron chi connectivity index (χ4n) is 3.24. The maximum absolute atomic E-state index is 4.30. The lowest BCUT2D eigenvalue weighted by molar-refractivity contribution is 0.223. The van der Waals surface area contributed by atoms with E-state index >= 15 is 0 Å². The molecule has 0 unspecified atom stereocenters. The van der Waals surface area contributed by atoms with E-state index in [1.54, 1.807) is 0 Å². The number of hydrogen-bond acceptors (Lipinski definition) is 2. The van der Waals surface area contributed by atoms with Crippen LogP contribution in [0.4, 0.5) is 0 Å². The summed E-state index contributed by atoms with van der Waals surface area (Å²) in [5.74, 6) is 0.719. The largest absolute Gasteiger partial charge is 0.301 e. The Hall–Kier alpha value is -0.830. The monoisotopic (exact) mass is 263 g/mol. The van der Waals surface area contributed by atoms with E-state index in [0.717, 1.165) is 19.0 Å². The third-order valence-electron chi connectivity index (χ3n) is 4.56. The van der Waals surface area contributed by atoms with Gasteiger partial charge in [0.25, 0.3) is 0 Å². The van der Waals surface area contributed by atoms with Crippen molar-refractivity contribution < 1.29 is 0 Å². The van der Waals surface area contributed by atoms with E-state index in [-0.39, 0.29) is 0 Å². The number of aromatic amines is 1. The van der Waals surface area contributed by atoms with Crippen molar-refractivity contribution >= 4 is 0 Å². The van der Waals surface area contributed by atoms with Gasteiger partial charge in [-0.1, -0.05) is 20.8 Å². The minimum Gasteiger partial charge on any atom is -0.301 e. The summed E-state index contributed by atoms with van der Waals surface area (Å²) in [6, 6.07) is 0. The maximum atomic E-state index is 4.30. The van der Waals surface area contributed by atoms with Crippen LogP contribution in [0.5, 0.6) is 0 Å². The highest BCUT2D eigenvalue weighted by molar-refractivity contribution is 5.22. The molecule has 3 heteroatoms. The van der Waals surface area contributed by atoms with Gasteiger partial charge in [-0.25, -0.2) is 0 Å². The Bertz CT molecular complexity index is 384. The van der Waals surface area contributed by atoms with Crippen LogP contribution in [0.3, 0.4) is 0 Å². The lowest BCUT2D eigenvalue weighted by Gasteiger charge is -2.34. The van der Waals surface area contributed by atoms with Crippen LogP contribution in [-0.2, 0) is 6.54 Å². The van der Waals surface area contributed by atoms with Crippen molar-refractivity contribution in [2.24, 2.45) is 5.41 Å². The average Bonchev–Trinajstić information content (AvgIpc) is 2.77. The number of nitrogens with zero attached hydrogens (tertiary/aromatic N) is 2. The number of H-pyrrole nitrogens is 1. The zero-order valence-electron chi connectivity index (χ0n) is 13.0. The van der Waals surface area contributed by atoms with Gasteiger partial charge in [0.1, 0.15) is 0 Å². The number of nitrogens with one attached hydrogen (secondary N) is 1. The van der Waals surface area contributed by atoms with Crippen LogP contribution in [0.25, 0.3) is 0 Å². The molecule has 1 heterocycles. The lowest BCUT2D eigenvalue weighted by atomic mass is 9.71.